The summed E-state index contributed by atoms with van der Waals surface area (Å²) < 4.78 is 11.1. The average molecular weight is 610 g/mol. The Bertz CT molecular complexity index is 1300. The maximum atomic E-state index is 14.5. The summed E-state index contributed by atoms with van der Waals surface area (Å²) >= 11 is 0. The zero-order valence-corrected chi connectivity index (χ0v) is 28.2. The topological polar surface area (TPSA) is 114 Å². The Morgan fingerprint density at radius 3 is 1.98 bits per heavy atom. The molecule has 4 atom stereocenters. The van der Waals surface area contributed by atoms with Crippen LogP contribution >= 0.6 is 0 Å². The van der Waals surface area contributed by atoms with Crippen molar-refractivity contribution in [2.24, 2.45) is 0 Å². The molecular weight excluding hydrogens is 558 g/mol. The van der Waals surface area contributed by atoms with Gasteiger partial charge in [0.15, 0.2) is 0 Å². The summed E-state index contributed by atoms with van der Waals surface area (Å²) in [5.41, 5.74) is 1.67. The van der Waals surface area contributed by atoms with E-state index in [-0.39, 0.29) is 6.42 Å². The minimum Gasteiger partial charge on any atom is -0.458 e. The Hall–Kier alpha value is -3.88. The van der Waals surface area contributed by atoms with Crippen LogP contribution in [0.1, 0.15) is 97.0 Å². The molecule has 0 saturated heterocycles. The predicted octanol–water partition coefficient (Wildman–Crippen LogP) is 5.95. The van der Waals surface area contributed by atoms with Crippen LogP contribution in [0.3, 0.4) is 0 Å². The molecule has 2 aromatic rings. The molecule has 0 aliphatic rings. The standard InChI is InChI=1S/C35H51N3O6/c1-12-24(4)38(31(40)25(5)36-33(42)44-35(9,10)11)29(27-20-22(2)18-19-23(27)3)30(39)37-28(32(41)43-34(6,7)8)21-26-16-14-13-15-17-26/h13-20,24-25,28-29H,12,21H2,1-11H3,(H,36,42)(H,37,39). The predicted molar refractivity (Wildman–Crippen MR) is 172 cm³/mol. The molecule has 0 spiro atoms. The number of hydrogen-bond acceptors (Lipinski definition) is 6. The molecule has 2 aromatic carbocycles. The summed E-state index contributed by atoms with van der Waals surface area (Å²) in [5, 5.41) is 5.56. The summed E-state index contributed by atoms with van der Waals surface area (Å²) in [5.74, 6) is -1.55. The van der Waals surface area contributed by atoms with E-state index in [9.17, 15) is 19.2 Å². The largest absolute Gasteiger partial charge is 0.458 e. The molecule has 0 aliphatic carbocycles. The second kappa shape index (κ2) is 15.2. The van der Waals surface area contributed by atoms with Crippen LogP contribution in [0.2, 0.25) is 0 Å². The monoisotopic (exact) mass is 609 g/mol. The van der Waals surface area contributed by atoms with E-state index in [2.05, 4.69) is 10.6 Å². The summed E-state index contributed by atoms with van der Waals surface area (Å²) in [7, 11) is 0. The highest BCUT2D eigenvalue weighted by Gasteiger charge is 2.39. The molecule has 9 nitrogen and oxygen atoms in total. The summed E-state index contributed by atoms with van der Waals surface area (Å²) in [4.78, 5) is 56.1. The van der Waals surface area contributed by atoms with E-state index in [1.807, 2.05) is 76.2 Å². The first-order valence-electron chi connectivity index (χ1n) is 15.3. The zero-order valence-electron chi connectivity index (χ0n) is 28.2. The summed E-state index contributed by atoms with van der Waals surface area (Å²) in [6.07, 6.45) is 0.0107. The summed E-state index contributed by atoms with van der Waals surface area (Å²) in [6.45, 7) is 19.7. The second-order valence-electron chi connectivity index (χ2n) is 13.4. The Balaban J connectivity index is 2.60. The first-order chi connectivity index (χ1) is 20.3. The van der Waals surface area contributed by atoms with Gasteiger partial charge in [-0.25, -0.2) is 9.59 Å². The van der Waals surface area contributed by atoms with E-state index in [1.54, 1.807) is 48.5 Å². The molecule has 44 heavy (non-hydrogen) atoms. The van der Waals surface area contributed by atoms with Crippen molar-refractivity contribution in [1.29, 1.82) is 0 Å². The van der Waals surface area contributed by atoms with Crippen molar-refractivity contribution in [3.63, 3.8) is 0 Å². The van der Waals surface area contributed by atoms with Gasteiger partial charge >= 0.3 is 12.1 Å². The van der Waals surface area contributed by atoms with Gasteiger partial charge in [0, 0.05) is 12.5 Å². The number of aryl methyl sites for hydroxylation is 2. The van der Waals surface area contributed by atoms with Crippen molar-refractivity contribution in [2.75, 3.05) is 0 Å². The number of amides is 3. The average Bonchev–Trinajstić information content (AvgIpc) is 2.90. The molecule has 3 amide bonds. The third kappa shape index (κ3) is 11.0. The maximum absolute atomic E-state index is 14.5. The first kappa shape index (κ1) is 36.3. The van der Waals surface area contributed by atoms with E-state index in [0.717, 1.165) is 16.7 Å². The van der Waals surface area contributed by atoms with E-state index in [0.29, 0.717) is 12.0 Å². The van der Waals surface area contributed by atoms with Crippen LogP contribution in [0.25, 0.3) is 0 Å². The fourth-order valence-corrected chi connectivity index (χ4v) is 4.70. The Labute approximate surface area is 263 Å². The van der Waals surface area contributed by atoms with E-state index >= 15 is 0 Å². The Morgan fingerprint density at radius 2 is 1.43 bits per heavy atom. The van der Waals surface area contributed by atoms with Crippen molar-refractivity contribution in [1.82, 2.24) is 15.5 Å². The highest BCUT2D eigenvalue weighted by Crippen LogP contribution is 2.30. The van der Waals surface area contributed by atoms with Crippen LogP contribution in [0, 0.1) is 13.8 Å². The van der Waals surface area contributed by atoms with Gasteiger partial charge in [0.1, 0.15) is 29.3 Å². The molecule has 0 radical (unpaired) electrons. The van der Waals surface area contributed by atoms with Gasteiger partial charge in [-0.05, 0) is 92.3 Å². The van der Waals surface area contributed by atoms with Crippen LogP contribution in [-0.4, -0.2) is 58.1 Å². The number of hydrogen-bond donors (Lipinski definition) is 2. The lowest BCUT2D eigenvalue weighted by Crippen LogP contribution is -2.56. The van der Waals surface area contributed by atoms with Gasteiger partial charge in [-0.2, -0.15) is 0 Å². The molecular formula is C35H51N3O6. The van der Waals surface area contributed by atoms with Gasteiger partial charge in [0.05, 0.1) is 0 Å². The van der Waals surface area contributed by atoms with Gasteiger partial charge in [-0.3, -0.25) is 9.59 Å². The van der Waals surface area contributed by atoms with Crippen molar-refractivity contribution in [2.45, 2.75) is 124 Å². The SMILES string of the molecule is CCC(C)N(C(=O)C(C)NC(=O)OC(C)(C)C)C(C(=O)NC(Cc1ccccc1)C(=O)OC(C)(C)C)c1cc(C)ccc1C. The third-order valence-corrected chi connectivity index (χ3v) is 6.97. The van der Waals surface area contributed by atoms with Crippen LogP contribution in [0.5, 0.6) is 0 Å². The van der Waals surface area contributed by atoms with Crippen molar-refractivity contribution >= 4 is 23.9 Å². The number of nitrogens with zero attached hydrogens (tertiary/aromatic N) is 1. The normalized spacial score (nSPS) is 14.4. The lowest BCUT2D eigenvalue weighted by molar-refractivity contribution is -0.159. The minimum absolute atomic E-state index is 0.203. The van der Waals surface area contributed by atoms with Crippen molar-refractivity contribution in [3.05, 3.63) is 70.8 Å². The van der Waals surface area contributed by atoms with Gasteiger partial charge in [0.2, 0.25) is 11.8 Å². The van der Waals surface area contributed by atoms with E-state index in [1.165, 1.54) is 4.90 Å². The number of carbonyl (C=O) groups excluding carboxylic acids is 4. The molecule has 0 aromatic heterocycles. The number of rotatable bonds is 11. The molecule has 2 rings (SSSR count). The molecule has 0 bridgehead atoms. The number of alkyl carbamates (subject to hydrolysis) is 1. The molecule has 9 heteroatoms. The molecule has 242 valence electrons. The van der Waals surface area contributed by atoms with Crippen LogP contribution in [0.15, 0.2) is 48.5 Å². The lowest BCUT2D eigenvalue weighted by atomic mass is 9.94. The van der Waals surface area contributed by atoms with Gasteiger partial charge < -0.3 is 25.0 Å². The molecule has 0 saturated carbocycles. The number of nitrogens with one attached hydrogen (secondary N) is 2. The van der Waals surface area contributed by atoms with E-state index in [4.69, 9.17) is 9.47 Å². The number of carbonyl (C=O) groups is 4. The highest BCUT2D eigenvalue weighted by molar-refractivity contribution is 5.94. The summed E-state index contributed by atoms with van der Waals surface area (Å²) in [6, 6.07) is 11.6. The molecule has 0 fully saturated rings. The maximum Gasteiger partial charge on any atom is 0.408 e. The Morgan fingerprint density at radius 1 is 0.841 bits per heavy atom. The lowest BCUT2D eigenvalue weighted by Gasteiger charge is -2.38. The van der Waals surface area contributed by atoms with Crippen LogP contribution in [-0.2, 0) is 30.3 Å². The molecule has 0 aliphatic heterocycles. The van der Waals surface area contributed by atoms with Crippen LogP contribution < -0.4 is 10.6 Å². The fourth-order valence-electron chi connectivity index (χ4n) is 4.70. The minimum atomic E-state index is -1.10. The van der Waals surface area contributed by atoms with Crippen molar-refractivity contribution < 1.29 is 28.7 Å². The van der Waals surface area contributed by atoms with Gasteiger partial charge in [0.25, 0.3) is 0 Å². The zero-order chi connectivity index (χ0) is 33.4. The molecule has 2 N–H and O–H groups in total. The highest BCUT2D eigenvalue weighted by atomic mass is 16.6. The van der Waals surface area contributed by atoms with Crippen LogP contribution in [0.4, 0.5) is 4.79 Å². The third-order valence-electron chi connectivity index (χ3n) is 6.97. The molecule has 4 unspecified atom stereocenters. The smallest absolute Gasteiger partial charge is 0.408 e. The second-order valence-corrected chi connectivity index (χ2v) is 13.4. The fraction of sp³-hybridized carbons (Fsp3) is 0.543. The van der Waals surface area contributed by atoms with E-state index < -0.39 is 59.2 Å². The first-order valence-corrected chi connectivity index (χ1v) is 15.3. The number of ether oxygens (including phenoxy) is 2. The molecule has 0 heterocycles. The van der Waals surface area contributed by atoms with Crippen molar-refractivity contribution in [3.8, 4) is 0 Å². The van der Waals surface area contributed by atoms with Gasteiger partial charge in [-0.15, -0.1) is 0 Å². The number of benzene rings is 2. The van der Waals surface area contributed by atoms with Gasteiger partial charge in [-0.1, -0.05) is 61.0 Å². The Kier molecular flexibility index (Phi) is 12.6. The quantitative estimate of drug-likeness (QED) is 0.304. The number of esters is 1.